The first kappa shape index (κ1) is 16.0. The summed E-state index contributed by atoms with van der Waals surface area (Å²) in [5.41, 5.74) is 1.30. The van der Waals surface area contributed by atoms with Crippen molar-refractivity contribution < 1.29 is 22.4 Å². The molecule has 1 aromatic carbocycles. The summed E-state index contributed by atoms with van der Waals surface area (Å²) in [6.45, 7) is 8.00. The Morgan fingerprint density at radius 2 is 2.24 bits per heavy atom. The van der Waals surface area contributed by atoms with Crippen LogP contribution in [0.4, 0.5) is 0 Å². The normalized spacial score (nSPS) is 19.9. The maximum atomic E-state index is 10.7. The molecule has 6 nitrogen and oxygen atoms in total. The molecule has 0 radical (unpaired) electrons. The maximum Gasteiger partial charge on any atom is 0.333 e. The van der Waals surface area contributed by atoms with Gasteiger partial charge in [-0.15, -0.1) is 6.58 Å². The summed E-state index contributed by atoms with van der Waals surface area (Å²) < 4.78 is 43.6. The molecule has 1 unspecified atom stereocenters. The quantitative estimate of drug-likeness (QED) is 0.618. The fourth-order valence-electron chi connectivity index (χ4n) is 2.26. The van der Waals surface area contributed by atoms with E-state index < -0.39 is 16.6 Å². The van der Waals surface area contributed by atoms with Crippen LogP contribution in [0.15, 0.2) is 30.9 Å². The van der Waals surface area contributed by atoms with Crippen molar-refractivity contribution in [3.05, 3.63) is 42.0 Å². The highest BCUT2D eigenvalue weighted by Crippen LogP contribution is 2.43. The lowest BCUT2D eigenvalue weighted by molar-refractivity contribution is -0.0925. The second kappa shape index (κ2) is 5.76. The van der Waals surface area contributed by atoms with Gasteiger partial charge in [0, 0.05) is 12.1 Å². The highest BCUT2D eigenvalue weighted by atomic mass is 32.2. The first-order valence-corrected chi connectivity index (χ1v) is 7.92. The van der Waals surface area contributed by atoms with Crippen LogP contribution in [0, 0.1) is 0 Å². The van der Waals surface area contributed by atoms with Crippen LogP contribution in [0.2, 0.25) is 0 Å². The van der Waals surface area contributed by atoms with Gasteiger partial charge in [0.25, 0.3) is 0 Å². The zero-order valence-electron chi connectivity index (χ0n) is 12.0. The van der Waals surface area contributed by atoms with E-state index in [1.54, 1.807) is 18.2 Å². The molecular formula is C14H19NO5S. The zero-order chi connectivity index (χ0) is 15.7. The van der Waals surface area contributed by atoms with Crippen LogP contribution in [0.3, 0.4) is 0 Å². The number of ether oxygens (including phenoxy) is 2. The average molecular weight is 313 g/mol. The van der Waals surface area contributed by atoms with Gasteiger partial charge in [0.05, 0.1) is 12.0 Å². The minimum Gasteiger partial charge on any atom is -0.464 e. The second-order valence-corrected chi connectivity index (χ2v) is 6.66. The molecule has 1 aromatic rings. The van der Waals surface area contributed by atoms with Crippen molar-refractivity contribution in [3.8, 4) is 5.75 Å². The van der Waals surface area contributed by atoms with E-state index in [1.807, 2.05) is 24.6 Å². The van der Waals surface area contributed by atoms with Crippen molar-refractivity contribution in [1.29, 1.82) is 0 Å². The van der Waals surface area contributed by atoms with Gasteiger partial charge >= 0.3 is 10.3 Å². The largest absolute Gasteiger partial charge is 0.464 e. The molecule has 0 amide bonds. The molecule has 1 aliphatic heterocycles. The van der Waals surface area contributed by atoms with Crippen LogP contribution in [0.1, 0.15) is 25.0 Å². The summed E-state index contributed by atoms with van der Waals surface area (Å²) in [5, 5.41) is 0. The lowest BCUT2D eigenvalue weighted by atomic mass is 9.84. The van der Waals surface area contributed by atoms with E-state index in [-0.39, 0.29) is 12.0 Å². The lowest BCUT2D eigenvalue weighted by Gasteiger charge is -2.25. The van der Waals surface area contributed by atoms with E-state index in [2.05, 4.69) is 6.58 Å². The summed E-state index contributed by atoms with van der Waals surface area (Å²) in [6.07, 6.45) is 1.24. The van der Waals surface area contributed by atoms with Gasteiger partial charge in [-0.05, 0) is 31.5 Å². The van der Waals surface area contributed by atoms with Crippen molar-refractivity contribution in [2.24, 2.45) is 0 Å². The van der Waals surface area contributed by atoms with Gasteiger partial charge in [-0.25, -0.2) is 0 Å². The topological polar surface area (TPSA) is 84.9 Å². The Hall–Kier alpha value is -1.41. The van der Waals surface area contributed by atoms with Crippen molar-refractivity contribution in [2.75, 3.05) is 6.61 Å². The van der Waals surface area contributed by atoms with Crippen LogP contribution in [-0.4, -0.2) is 25.9 Å². The minimum absolute atomic E-state index is 0.0143. The Kier molecular flexibility index (Phi) is 4.38. The number of fused-ring (bicyclic) bond motifs is 1. The van der Waals surface area contributed by atoms with E-state index in [0.717, 1.165) is 11.1 Å². The number of nitrogens with one attached hydrogen (secondary N) is 1. The molecule has 0 bridgehead atoms. The zero-order valence-corrected chi connectivity index (χ0v) is 12.8. The van der Waals surface area contributed by atoms with Crippen LogP contribution in [0.25, 0.3) is 0 Å². The summed E-state index contributed by atoms with van der Waals surface area (Å²) in [6, 6.07) is 5.36. The molecule has 21 heavy (non-hydrogen) atoms. The first-order valence-electron chi connectivity index (χ1n) is 6.48. The van der Waals surface area contributed by atoms with Crippen molar-refractivity contribution in [1.82, 2.24) is 4.72 Å². The summed E-state index contributed by atoms with van der Waals surface area (Å²) in [7, 11) is -4.20. The molecule has 2 rings (SSSR count). The monoisotopic (exact) mass is 313 g/mol. The molecule has 0 saturated carbocycles. The molecule has 0 aromatic heterocycles. The number of hydrogen-bond donors (Lipinski definition) is 2. The van der Waals surface area contributed by atoms with E-state index in [0.29, 0.717) is 12.4 Å². The van der Waals surface area contributed by atoms with E-state index in [4.69, 9.17) is 14.0 Å². The van der Waals surface area contributed by atoms with Gasteiger partial charge in [-0.2, -0.15) is 13.1 Å². The molecule has 1 aliphatic rings. The van der Waals surface area contributed by atoms with Gasteiger partial charge in [-0.3, -0.25) is 4.55 Å². The van der Waals surface area contributed by atoms with Crippen molar-refractivity contribution >= 4 is 10.3 Å². The fraction of sp³-hybridized carbons (Fsp3) is 0.429. The molecule has 1 heterocycles. The molecule has 7 heteroatoms. The van der Waals surface area contributed by atoms with Crippen molar-refractivity contribution in [3.63, 3.8) is 0 Å². The van der Waals surface area contributed by atoms with Crippen LogP contribution >= 0.6 is 0 Å². The first-order chi connectivity index (χ1) is 9.74. The van der Waals surface area contributed by atoms with Crippen LogP contribution < -0.4 is 9.46 Å². The van der Waals surface area contributed by atoms with E-state index in [9.17, 15) is 8.42 Å². The third kappa shape index (κ3) is 3.62. The average Bonchev–Trinajstić information content (AvgIpc) is 2.64. The molecule has 2 N–H and O–H groups in total. The van der Waals surface area contributed by atoms with Crippen LogP contribution in [-0.2, 0) is 27.0 Å². The van der Waals surface area contributed by atoms with E-state index in [1.165, 1.54) is 0 Å². The number of hydrogen-bond acceptors (Lipinski definition) is 4. The highest BCUT2D eigenvalue weighted by Gasteiger charge is 2.42. The van der Waals surface area contributed by atoms with Gasteiger partial charge in [0.1, 0.15) is 5.75 Å². The summed E-state index contributed by atoms with van der Waals surface area (Å²) >= 11 is 0. The Bertz CT molecular complexity index is 639. The summed E-state index contributed by atoms with van der Waals surface area (Å²) in [5.74, 6) is 0.713. The SMILES string of the molecule is C=CCOC1Oc2ccc(CNS(=O)(=O)O)cc2C1(C)C. The van der Waals surface area contributed by atoms with Gasteiger partial charge in [0.2, 0.25) is 6.29 Å². The van der Waals surface area contributed by atoms with Gasteiger partial charge in [0.15, 0.2) is 0 Å². The van der Waals surface area contributed by atoms with Gasteiger partial charge in [-0.1, -0.05) is 12.1 Å². The molecular weight excluding hydrogens is 294 g/mol. The Labute approximate surface area is 124 Å². The van der Waals surface area contributed by atoms with Gasteiger partial charge < -0.3 is 9.47 Å². The van der Waals surface area contributed by atoms with E-state index >= 15 is 0 Å². The Morgan fingerprint density at radius 1 is 1.52 bits per heavy atom. The molecule has 0 spiro atoms. The third-order valence-corrected chi connectivity index (χ3v) is 3.89. The maximum absolute atomic E-state index is 10.7. The molecule has 0 fully saturated rings. The molecule has 0 saturated heterocycles. The predicted octanol–water partition coefficient (Wildman–Crippen LogP) is 1.78. The second-order valence-electron chi connectivity index (χ2n) is 5.42. The standard InChI is InChI=1S/C14H19NO5S/c1-4-7-19-13-14(2,3)11-8-10(5-6-12(11)20-13)9-15-21(16,17)18/h4-6,8,13,15H,1,7,9H2,2-3H3,(H,16,17,18). The Balaban J connectivity index is 2.20. The minimum atomic E-state index is -4.20. The highest BCUT2D eigenvalue weighted by molar-refractivity contribution is 7.83. The summed E-state index contributed by atoms with van der Waals surface area (Å²) in [4.78, 5) is 0. The smallest absolute Gasteiger partial charge is 0.333 e. The van der Waals surface area contributed by atoms with Crippen LogP contribution in [0.5, 0.6) is 5.75 Å². The third-order valence-electron chi connectivity index (χ3n) is 3.39. The molecule has 0 aliphatic carbocycles. The molecule has 116 valence electrons. The van der Waals surface area contributed by atoms with Crippen molar-refractivity contribution in [2.45, 2.75) is 32.1 Å². The fourth-order valence-corrected chi connectivity index (χ4v) is 2.60. The number of benzene rings is 1. The Morgan fingerprint density at radius 3 is 2.86 bits per heavy atom. The lowest BCUT2D eigenvalue weighted by Crippen LogP contribution is -2.34. The predicted molar refractivity (Wildman–Crippen MR) is 78.4 cm³/mol. The number of rotatable bonds is 6. The molecule has 1 atom stereocenters.